The lowest BCUT2D eigenvalue weighted by Gasteiger charge is -2.32. The van der Waals surface area contributed by atoms with E-state index in [-0.39, 0.29) is 0 Å². The van der Waals surface area contributed by atoms with Crippen molar-refractivity contribution in [2.75, 3.05) is 18.1 Å². The zero-order valence-corrected chi connectivity index (χ0v) is 10.5. The first kappa shape index (κ1) is 11.9. The van der Waals surface area contributed by atoms with E-state index in [1.165, 1.54) is 23.6 Å². The summed E-state index contributed by atoms with van der Waals surface area (Å²) in [6, 6.07) is 4.88. The second-order valence-electron chi connectivity index (χ2n) is 4.25. The Morgan fingerprint density at radius 1 is 1.62 bits per heavy atom. The van der Waals surface area contributed by atoms with E-state index >= 15 is 0 Å². The zero-order valence-electron chi connectivity index (χ0n) is 9.72. The topological polar surface area (TPSA) is 42.2 Å². The molecule has 1 aromatic heterocycles. The largest absolute Gasteiger partial charge is 0.325 e. The molecule has 0 aromatic carbocycles. The maximum absolute atomic E-state index is 5.60. The van der Waals surface area contributed by atoms with Crippen LogP contribution < -0.4 is 5.73 Å². The number of pyridine rings is 1. The van der Waals surface area contributed by atoms with Crippen LogP contribution in [0.4, 0.5) is 0 Å². The van der Waals surface area contributed by atoms with E-state index in [4.69, 9.17) is 5.73 Å². The number of hydrogen-bond donors (Lipinski definition) is 1. The Morgan fingerprint density at radius 3 is 3.25 bits per heavy atom. The Balaban J connectivity index is 2.01. The van der Waals surface area contributed by atoms with E-state index in [1.807, 2.05) is 6.20 Å². The van der Waals surface area contributed by atoms with Gasteiger partial charge in [-0.25, -0.2) is 0 Å². The van der Waals surface area contributed by atoms with Crippen molar-refractivity contribution in [3.05, 3.63) is 29.6 Å². The summed E-state index contributed by atoms with van der Waals surface area (Å²) in [6.07, 6.45) is 1.86. The van der Waals surface area contributed by atoms with Crippen LogP contribution >= 0.6 is 11.8 Å². The van der Waals surface area contributed by atoms with Crippen LogP contribution in [0.1, 0.15) is 18.2 Å². The van der Waals surface area contributed by atoms with Crippen LogP contribution in [0.2, 0.25) is 0 Å². The molecule has 0 saturated carbocycles. The molecule has 1 atom stereocenters. The summed E-state index contributed by atoms with van der Waals surface area (Å²) in [6.45, 7) is 5.04. The molecule has 1 aromatic rings. The minimum atomic E-state index is 0.527. The molecule has 1 aliphatic rings. The highest BCUT2D eigenvalue weighted by molar-refractivity contribution is 7.99. The van der Waals surface area contributed by atoms with Crippen molar-refractivity contribution < 1.29 is 0 Å². The molecule has 0 spiro atoms. The van der Waals surface area contributed by atoms with Crippen molar-refractivity contribution in [3.63, 3.8) is 0 Å². The Morgan fingerprint density at radius 2 is 2.50 bits per heavy atom. The lowest BCUT2D eigenvalue weighted by Crippen LogP contribution is -2.39. The second-order valence-corrected chi connectivity index (χ2v) is 5.40. The molecule has 88 valence electrons. The Labute approximate surface area is 101 Å². The van der Waals surface area contributed by atoms with Gasteiger partial charge < -0.3 is 5.73 Å². The van der Waals surface area contributed by atoms with Gasteiger partial charge in [0.2, 0.25) is 0 Å². The summed E-state index contributed by atoms with van der Waals surface area (Å²) in [5, 5.41) is 0. The molecule has 0 amide bonds. The first-order valence-electron chi connectivity index (χ1n) is 5.75. The molecule has 1 unspecified atom stereocenters. The predicted octanol–water partition coefficient (Wildman–Crippen LogP) is 1.48. The van der Waals surface area contributed by atoms with Crippen LogP contribution in [-0.4, -0.2) is 34.0 Å². The highest BCUT2D eigenvalue weighted by Crippen LogP contribution is 2.18. The second kappa shape index (κ2) is 5.66. The summed E-state index contributed by atoms with van der Waals surface area (Å²) in [4.78, 5) is 6.76. The highest BCUT2D eigenvalue weighted by Gasteiger charge is 2.18. The molecule has 1 fully saturated rings. The molecule has 16 heavy (non-hydrogen) atoms. The molecule has 3 nitrogen and oxygen atoms in total. The van der Waals surface area contributed by atoms with Crippen molar-refractivity contribution >= 4 is 11.8 Å². The van der Waals surface area contributed by atoms with Crippen LogP contribution in [0.3, 0.4) is 0 Å². The van der Waals surface area contributed by atoms with Crippen molar-refractivity contribution in [2.45, 2.75) is 26.1 Å². The monoisotopic (exact) mass is 237 g/mol. The highest BCUT2D eigenvalue weighted by atomic mass is 32.2. The van der Waals surface area contributed by atoms with E-state index in [0.29, 0.717) is 12.6 Å². The summed E-state index contributed by atoms with van der Waals surface area (Å²) >= 11 is 2.05. The average Bonchev–Trinajstić information content (AvgIpc) is 2.32. The Bertz CT molecular complexity index is 343. The minimum absolute atomic E-state index is 0.527. The van der Waals surface area contributed by atoms with E-state index in [1.54, 1.807) is 0 Å². The number of nitrogens with two attached hydrogens (primary N) is 1. The molecular weight excluding hydrogens is 218 g/mol. The summed E-state index contributed by atoms with van der Waals surface area (Å²) in [5.74, 6) is 2.49. The third kappa shape index (κ3) is 2.97. The number of rotatable bonds is 3. The molecule has 4 heteroatoms. The molecular formula is C12H19N3S. The molecule has 2 heterocycles. The van der Waals surface area contributed by atoms with Gasteiger partial charge in [-0.3, -0.25) is 9.88 Å². The van der Waals surface area contributed by atoms with Gasteiger partial charge in [-0.1, -0.05) is 0 Å². The van der Waals surface area contributed by atoms with Gasteiger partial charge in [-0.15, -0.1) is 0 Å². The number of thioether (sulfide) groups is 1. The smallest absolute Gasteiger partial charge is 0.0542 e. The van der Waals surface area contributed by atoms with Crippen molar-refractivity contribution in [3.8, 4) is 0 Å². The first-order chi connectivity index (χ1) is 7.79. The van der Waals surface area contributed by atoms with E-state index in [2.05, 4.69) is 40.7 Å². The van der Waals surface area contributed by atoms with E-state index < -0.39 is 0 Å². The van der Waals surface area contributed by atoms with E-state index in [9.17, 15) is 0 Å². The first-order valence-corrected chi connectivity index (χ1v) is 6.90. The lowest BCUT2D eigenvalue weighted by atomic mass is 10.2. The van der Waals surface area contributed by atoms with Crippen LogP contribution in [0, 0.1) is 0 Å². The zero-order chi connectivity index (χ0) is 11.4. The molecule has 0 bridgehead atoms. The van der Waals surface area contributed by atoms with Crippen molar-refractivity contribution in [2.24, 2.45) is 5.73 Å². The van der Waals surface area contributed by atoms with Crippen LogP contribution in [-0.2, 0) is 13.1 Å². The average molecular weight is 237 g/mol. The van der Waals surface area contributed by atoms with Gasteiger partial charge in [0.05, 0.1) is 5.69 Å². The van der Waals surface area contributed by atoms with Crippen molar-refractivity contribution in [1.82, 2.24) is 9.88 Å². The standard InChI is InChI=1S/C12H19N3S/c1-10-9-16-5-4-15(10)8-11-2-3-14-12(6-11)7-13/h2-3,6,10H,4-5,7-9,13H2,1H3. The SMILES string of the molecule is CC1CSCCN1Cc1ccnc(CN)c1. The third-order valence-corrected chi connectivity index (χ3v) is 4.17. The predicted molar refractivity (Wildman–Crippen MR) is 69.3 cm³/mol. The summed E-state index contributed by atoms with van der Waals surface area (Å²) in [5.41, 5.74) is 7.91. The molecule has 1 saturated heterocycles. The Kier molecular flexibility index (Phi) is 4.21. The van der Waals surface area contributed by atoms with Gasteiger partial charge in [-0.05, 0) is 24.6 Å². The fourth-order valence-electron chi connectivity index (χ4n) is 1.97. The van der Waals surface area contributed by atoms with Crippen molar-refractivity contribution in [1.29, 1.82) is 0 Å². The third-order valence-electron chi connectivity index (χ3n) is 2.98. The molecule has 1 aliphatic heterocycles. The number of aromatic nitrogens is 1. The van der Waals surface area contributed by atoms with Gasteiger partial charge in [0.25, 0.3) is 0 Å². The fourth-order valence-corrected chi connectivity index (χ4v) is 3.05. The molecule has 0 radical (unpaired) electrons. The maximum Gasteiger partial charge on any atom is 0.0542 e. The normalized spacial score (nSPS) is 22.2. The van der Waals surface area contributed by atoms with Gasteiger partial charge in [0, 0.05) is 43.4 Å². The van der Waals surface area contributed by atoms with Gasteiger partial charge in [-0.2, -0.15) is 11.8 Å². The molecule has 2 N–H and O–H groups in total. The number of hydrogen-bond acceptors (Lipinski definition) is 4. The van der Waals surface area contributed by atoms with Crippen LogP contribution in [0.5, 0.6) is 0 Å². The quantitative estimate of drug-likeness (QED) is 0.864. The molecule has 0 aliphatic carbocycles. The van der Waals surface area contributed by atoms with Gasteiger partial charge >= 0.3 is 0 Å². The van der Waals surface area contributed by atoms with Gasteiger partial charge in [0.1, 0.15) is 0 Å². The lowest BCUT2D eigenvalue weighted by molar-refractivity contribution is 0.224. The summed E-state index contributed by atoms with van der Waals surface area (Å²) in [7, 11) is 0. The fraction of sp³-hybridized carbons (Fsp3) is 0.583. The molecule has 2 rings (SSSR count). The van der Waals surface area contributed by atoms with Gasteiger partial charge in [0.15, 0.2) is 0 Å². The minimum Gasteiger partial charge on any atom is -0.325 e. The number of nitrogens with zero attached hydrogens (tertiary/aromatic N) is 2. The van der Waals surface area contributed by atoms with E-state index in [0.717, 1.165) is 12.2 Å². The maximum atomic E-state index is 5.60. The van der Waals surface area contributed by atoms with Crippen LogP contribution in [0.25, 0.3) is 0 Å². The summed E-state index contributed by atoms with van der Waals surface area (Å²) < 4.78 is 0. The Hall–Kier alpha value is -0.580. The van der Waals surface area contributed by atoms with Crippen LogP contribution in [0.15, 0.2) is 18.3 Å².